The molecule has 32 heavy (non-hydrogen) atoms. The molecule has 0 bridgehead atoms. The van der Waals surface area contributed by atoms with Crippen molar-refractivity contribution in [2.45, 2.75) is 37.8 Å². The first-order valence-electron chi connectivity index (χ1n) is 11.5. The predicted octanol–water partition coefficient (Wildman–Crippen LogP) is 5.25. The second kappa shape index (κ2) is 8.37. The largest absolute Gasteiger partial charge is 0.439 e. The maximum Gasteiger partial charge on any atom is 0.212 e. The first-order valence-corrected chi connectivity index (χ1v) is 11.5. The summed E-state index contributed by atoms with van der Waals surface area (Å²) in [7, 11) is 0. The van der Waals surface area contributed by atoms with Crippen LogP contribution in [0.1, 0.15) is 49.5 Å². The third kappa shape index (κ3) is 3.76. The van der Waals surface area contributed by atoms with Gasteiger partial charge in [-0.25, -0.2) is 9.97 Å². The molecule has 6 nitrogen and oxygen atoms in total. The van der Waals surface area contributed by atoms with Gasteiger partial charge in [-0.05, 0) is 55.5 Å². The molecule has 162 valence electrons. The second-order valence-electron chi connectivity index (χ2n) is 8.70. The molecular formula is C26H27N5O. The number of hydrogen-bond acceptors (Lipinski definition) is 5. The van der Waals surface area contributed by atoms with Crippen molar-refractivity contribution in [2.75, 3.05) is 13.1 Å². The number of rotatable bonds is 5. The van der Waals surface area contributed by atoms with Gasteiger partial charge in [0.25, 0.3) is 0 Å². The van der Waals surface area contributed by atoms with E-state index in [0.717, 1.165) is 60.2 Å². The van der Waals surface area contributed by atoms with Crippen LogP contribution >= 0.6 is 0 Å². The molecule has 2 aliphatic heterocycles. The van der Waals surface area contributed by atoms with Crippen LogP contribution in [0.3, 0.4) is 0 Å². The molecule has 6 rings (SSSR count). The Hall–Kier alpha value is -3.22. The van der Waals surface area contributed by atoms with Gasteiger partial charge < -0.3 is 20.0 Å². The van der Waals surface area contributed by atoms with E-state index < -0.39 is 0 Å². The highest BCUT2D eigenvalue weighted by atomic mass is 16.4. The van der Waals surface area contributed by atoms with Gasteiger partial charge in [0.05, 0.1) is 30.2 Å². The van der Waals surface area contributed by atoms with Crippen molar-refractivity contribution in [1.29, 1.82) is 0 Å². The Labute approximate surface area is 187 Å². The maximum absolute atomic E-state index is 6.02. The Balaban J connectivity index is 1.17. The lowest BCUT2D eigenvalue weighted by Crippen LogP contribution is -2.14. The van der Waals surface area contributed by atoms with Crippen molar-refractivity contribution in [1.82, 2.24) is 25.6 Å². The molecule has 0 amide bonds. The van der Waals surface area contributed by atoms with Crippen LogP contribution in [0.25, 0.3) is 33.7 Å². The van der Waals surface area contributed by atoms with Gasteiger partial charge in [-0.1, -0.05) is 48.5 Å². The summed E-state index contributed by atoms with van der Waals surface area (Å²) in [6, 6.07) is 17.7. The van der Waals surface area contributed by atoms with Crippen LogP contribution in [0.2, 0.25) is 0 Å². The molecule has 0 radical (unpaired) electrons. The number of aromatic amines is 1. The van der Waals surface area contributed by atoms with Crippen LogP contribution in [0.4, 0.5) is 0 Å². The fourth-order valence-corrected chi connectivity index (χ4v) is 4.73. The van der Waals surface area contributed by atoms with Gasteiger partial charge in [0.2, 0.25) is 5.89 Å². The number of nitrogens with zero attached hydrogens (tertiary/aromatic N) is 2. The molecule has 6 heteroatoms. The summed E-state index contributed by atoms with van der Waals surface area (Å²) in [6.07, 6.45) is 8.39. The summed E-state index contributed by atoms with van der Waals surface area (Å²) in [5.41, 5.74) is 5.63. The Bertz CT molecular complexity index is 1080. The van der Waals surface area contributed by atoms with Gasteiger partial charge in [0.1, 0.15) is 5.82 Å². The number of imidazole rings is 1. The van der Waals surface area contributed by atoms with Crippen molar-refractivity contribution in [3.8, 4) is 33.7 Å². The van der Waals surface area contributed by atoms with E-state index in [0.29, 0.717) is 6.04 Å². The van der Waals surface area contributed by atoms with Crippen LogP contribution in [0.5, 0.6) is 0 Å². The van der Waals surface area contributed by atoms with Crippen LogP contribution in [0.15, 0.2) is 65.3 Å². The standard InChI is InChI=1S/C26H27N5O/c1-3-21(27-13-1)25-29-15-23(31-25)19-9-5-17(6-10-19)18-7-11-20(12-8-18)24-16-30-26(32-24)22-4-2-14-28-22/h5-12,15-16,21-22,27-28H,1-4,13-14H2,(H,29,31)/t21-,22-/m0/s1. The lowest BCUT2D eigenvalue weighted by Gasteiger charge is -2.06. The first kappa shape index (κ1) is 19.5. The van der Waals surface area contributed by atoms with Crippen molar-refractivity contribution in [2.24, 2.45) is 0 Å². The van der Waals surface area contributed by atoms with Crippen molar-refractivity contribution in [3.05, 3.63) is 72.6 Å². The number of H-pyrrole nitrogens is 1. The zero-order valence-corrected chi connectivity index (χ0v) is 18.0. The average Bonchev–Trinajstić information content (AvgIpc) is 3.66. The highest BCUT2D eigenvalue weighted by Gasteiger charge is 2.21. The smallest absolute Gasteiger partial charge is 0.212 e. The van der Waals surface area contributed by atoms with Gasteiger partial charge in [-0.2, -0.15) is 0 Å². The van der Waals surface area contributed by atoms with E-state index in [-0.39, 0.29) is 6.04 Å². The predicted molar refractivity (Wildman–Crippen MR) is 125 cm³/mol. The Morgan fingerprint density at radius 2 is 1.31 bits per heavy atom. The quantitative estimate of drug-likeness (QED) is 0.407. The van der Waals surface area contributed by atoms with E-state index in [1.165, 1.54) is 24.0 Å². The van der Waals surface area contributed by atoms with E-state index in [4.69, 9.17) is 4.42 Å². The van der Waals surface area contributed by atoms with Crippen LogP contribution in [-0.2, 0) is 0 Å². The Morgan fingerprint density at radius 3 is 1.97 bits per heavy atom. The summed E-state index contributed by atoms with van der Waals surface area (Å²) in [6.45, 7) is 2.11. The molecule has 0 saturated carbocycles. The second-order valence-corrected chi connectivity index (χ2v) is 8.70. The molecule has 0 spiro atoms. The Morgan fingerprint density at radius 1 is 0.688 bits per heavy atom. The number of benzene rings is 2. The van der Waals surface area contributed by atoms with E-state index in [1.807, 2.05) is 12.4 Å². The van der Waals surface area contributed by atoms with Gasteiger partial charge in [-0.3, -0.25) is 0 Å². The lowest BCUT2D eigenvalue weighted by atomic mass is 10.0. The molecule has 0 unspecified atom stereocenters. The minimum atomic E-state index is 0.252. The fraction of sp³-hybridized carbons (Fsp3) is 0.308. The fourth-order valence-electron chi connectivity index (χ4n) is 4.73. The number of nitrogens with one attached hydrogen (secondary N) is 3. The monoisotopic (exact) mass is 425 g/mol. The molecule has 2 saturated heterocycles. The van der Waals surface area contributed by atoms with E-state index in [1.54, 1.807) is 0 Å². The van der Waals surface area contributed by atoms with Crippen LogP contribution in [-0.4, -0.2) is 28.0 Å². The van der Waals surface area contributed by atoms with Gasteiger partial charge >= 0.3 is 0 Å². The summed E-state index contributed by atoms with van der Waals surface area (Å²) >= 11 is 0. The topological polar surface area (TPSA) is 78.8 Å². The molecule has 4 aromatic rings. The van der Waals surface area contributed by atoms with Gasteiger partial charge in [-0.15, -0.1) is 0 Å². The molecule has 2 aliphatic rings. The minimum absolute atomic E-state index is 0.252. The average molecular weight is 426 g/mol. The highest BCUT2D eigenvalue weighted by Crippen LogP contribution is 2.30. The molecule has 2 atom stereocenters. The lowest BCUT2D eigenvalue weighted by molar-refractivity contribution is 0.437. The third-order valence-electron chi connectivity index (χ3n) is 6.57. The van der Waals surface area contributed by atoms with E-state index >= 15 is 0 Å². The molecule has 3 N–H and O–H groups in total. The van der Waals surface area contributed by atoms with Gasteiger partial charge in [0, 0.05) is 5.56 Å². The molecule has 2 aromatic carbocycles. The van der Waals surface area contributed by atoms with Crippen molar-refractivity contribution >= 4 is 0 Å². The van der Waals surface area contributed by atoms with E-state index in [2.05, 4.69) is 74.1 Å². The number of oxazole rings is 1. The van der Waals surface area contributed by atoms with E-state index in [9.17, 15) is 0 Å². The zero-order valence-electron chi connectivity index (χ0n) is 18.0. The molecule has 4 heterocycles. The minimum Gasteiger partial charge on any atom is -0.439 e. The SMILES string of the molecule is c1cc(-c2cnc([C@@H]3CCCN3)[nH]2)ccc1-c1ccc(-c2cnc([C@@H]3CCCN3)o2)cc1. The summed E-state index contributed by atoms with van der Waals surface area (Å²) in [5, 5.41) is 6.93. The normalized spacial score (nSPS) is 20.8. The van der Waals surface area contributed by atoms with Crippen LogP contribution < -0.4 is 10.6 Å². The molecule has 2 aromatic heterocycles. The molecule has 2 fully saturated rings. The highest BCUT2D eigenvalue weighted by molar-refractivity contribution is 5.71. The first-order chi connectivity index (χ1) is 15.8. The number of hydrogen-bond donors (Lipinski definition) is 3. The Kier molecular flexibility index (Phi) is 5.09. The molecule has 0 aliphatic carbocycles. The molecular weight excluding hydrogens is 398 g/mol. The zero-order chi connectivity index (χ0) is 21.3. The number of aromatic nitrogens is 3. The van der Waals surface area contributed by atoms with Crippen molar-refractivity contribution in [3.63, 3.8) is 0 Å². The van der Waals surface area contributed by atoms with Crippen molar-refractivity contribution < 1.29 is 4.42 Å². The summed E-state index contributed by atoms with van der Waals surface area (Å²) < 4.78 is 6.02. The maximum atomic E-state index is 6.02. The van der Waals surface area contributed by atoms with Crippen LogP contribution in [0, 0.1) is 0 Å². The summed E-state index contributed by atoms with van der Waals surface area (Å²) in [5.74, 6) is 2.65. The summed E-state index contributed by atoms with van der Waals surface area (Å²) in [4.78, 5) is 12.5. The van der Waals surface area contributed by atoms with Gasteiger partial charge in [0.15, 0.2) is 5.76 Å². The third-order valence-corrected chi connectivity index (χ3v) is 6.57.